The van der Waals surface area contributed by atoms with E-state index in [1.54, 1.807) is 23.1 Å². The molecule has 0 aliphatic heterocycles. The summed E-state index contributed by atoms with van der Waals surface area (Å²) in [5.74, 6) is -0.211. The van der Waals surface area contributed by atoms with Crippen molar-refractivity contribution in [2.75, 3.05) is 0 Å². The van der Waals surface area contributed by atoms with Gasteiger partial charge in [0.2, 0.25) is 0 Å². The van der Waals surface area contributed by atoms with Gasteiger partial charge in [-0.05, 0) is 29.8 Å². The number of benzene rings is 1. The van der Waals surface area contributed by atoms with E-state index in [0.29, 0.717) is 12.1 Å². The second-order valence-electron chi connectivity index (χ2n) is 5.56. The van der Waals surface area contributed by atoms with Gasteiger partial charge >= 0.3 is 0 Å². The summed E-state index contributed by atoms with van der Waals surface area (Å²) in [4.78, 5) is 4.30. The fourth-order valence-corrected chi connectivity index (χ4v) is 2.77. The largest absolute Gasteiger partial charge is 0.342 e. The average molecular weight is 306 g/mol. The lowest BCUT2D eigenvalue weighted by Gasteiger charge is -2.08. The van der Waals surface area contributed by atoms with E-state index < -0.39 is 0 Å². The van der Waals surface area contributed by atoms with Gasteiger partial charge in [0.1, 0.15) is 5.82 Å². The summed E-state index contributed by atoms with van der Waals surface area (Å²) in [6.45, 7) is 0.481. The normalized spacial score (nSPS) is 11.2. The van der Waals surface area contributed by atoms with E-state index in [-0.39, 0.29) is 5.82 Å². The van der Waals surface area contributed by atoms with Crippen LogP contribution < -0.4 is 0 Å². The van der Waals surface area contributed by atoms with Crippen LogP contribution in [0, 0.1) is 5.82 Å². The Morgan fingerprint density at radius 2 is 2.04 bits per heavy atom. The summed E-state index contributed by atoms with van der Waals surface area (Å²) in [5, 5.41) is 4.12. The van der Waals surface area contributed by atoms with Gasteiger partial charge < -0.3 is 4.57 Å². The summed E-state index contributed by atoms with van der Waals surface area (Å²) in [5.41, 5.74) is 4.31. The summed E-state index contributed by atoms with van der Waals surface area (Å²) < 4.78 is 18.2. The van der Waals surface area contributed by atoms with E-state index in [2.05, 4.69) is 10.1 Å². The van der Waals surface area contributed by atoms with Crippen molar-refractivity contribution < 1.29 is 4.39 Å². The number of rotatable bonds is 3. The molecule has 4 aromatic rings. The molecule has 0 bridgehead atoms. The molecule has 3 heterocycles. The molecular formula is C18H15FN4. The number of nitrogens with zero attached hydrogens (tertiary/aromatic N) is 4. The second-order valence-corrected chi connectivity index (χ2v) is 5.56. The Morgan fingerprint density at radius 3 is 2.83 bits per heavy atom. The van der Waals surface area contributed by atoms with Crippen molar-refractivity contribution in [2.45, 2.75) is 6.54 Å². The van der Waals surface area contributed by atoms with E-state index in [0.717, 1.165) is 22.2 Å². The maximum Gasteiger partial charge on any atom is 0.128 e. The monoisotopic (exact) mass is 306 g/mol. The van der Waals surface area contributed by atoms with Gasteiger partial charge in [-0.3, -0.25) is 9.67 Å². The van der Waals surface area contributed by atoms with Crippen LogP contribution in [0.2, 0.25) is 0 Å². The standard InChI is InChI=1S/C18H15FN4/c1-22-11-15(10-21-22)13-4-5-14(16(19)9-13)12-23-8-6-17-18(23)3-2-7-20-17/h2-11H,12H2,1H3. The Balaban J connectivity index is 1.67. The number of aromatic nitrogens is 4. The summed E-state index contributed by atoms with van der Waals surface area (Å²) in [6, 6.07) is 11.2. The maximum atomic E-state index is 14.5. The molecular weight excluding hydrogens is 291 g/mol. The molecule has 114 valence electrons. The first-order chi connectivity index (χ1) is 11.2. The molecule has 1 aromatic carbocycles. The highest BCUT2D eigenvalue weighted by molar-refractivity contribution is 5.75. The Morgan fingerprint density at radius 1 is 1.13 bits per heavy atom. The zero-order chi connectivity index (χ0) is 15.8. The van der Waals surface area contributed by atoms with Gasteiger partial charge in [0.25, 0.3) is 0 Å². The second kappa shape index (κ2) is 5.35. The molecule has 23 heavy (non-hydrogen) atoms. The molecule has 0 radical (unpaired) electrons. The summed E-state index contributed by atoms with van der Waals surface area (Å²) >= 11 is 0. The van der Waals surface area contributed by atoms with E-state index in [9.17, 15) is 4.39 Å². The van der Waals surface area contributed by atoms with Crippen LogP contribution >= 0.6 is 0 Å². The van der Waals surface area contributed by atoms with Crippen LogP contribution in [0.1, 0.15) is 5.56 Å². The van der Waals surface area contributed by atoms with Crippen molar-refractivity contribution in [2.24, 2.45) is 7.05 Å². The van der Waals surface area contributed by atoms with Crippen LogP contribution in [0.15, 0.2) is 61.2 Å². The third kappa shape index (κ3) is 2.50. The first-order valence-electron chi connectivity index (χ1n) is 7.38. The zero-order valence-electron chi connectivity index (χ0n) is 12.6. The van der Waals surface area contributed by atoms with Crippen molar-refractivity contribution in [3.05, 3.63) is 72.6 Å². The van der Waals surface area contributed by atoms with Crippen molar-refractivity contribution in [3.63, 3.8) is 0 Å². The molecule has 0 atom stereocenters. The Labute approximate surface area is 132 Å². The number of hydrogen-bond donors (Lipinski definition) is 0. The van der Waals surface area contributed by atoms with E-state index >= 15 is 0 Å². The number of fused-ring (bicyclic) bond motifs is 1. The van der Waals surface area contributed by atoms with Gasteiger partial charge in [0, 0.05) is 36.8 Å². The van der Waals surface area contributed by atoms with Gasteiger partial charge in [0.05, 0.1) is 23.8 Å². The van der Waals surface area contributed by atoms with Crippen molar-refractivity contribution in [1.82, 2.24) is 19.3 Å². The topological polar surface area (TPSA) is 35.6 Å². The minimum absolute atomic E-state index is 0.211. The third-order valence-electron chi connectivity index (χ3n) is 3.97. The van der Waals surface area contributed by atoms with Gasteiger partial charge in [-0.2, -0.15) is 5.10 Å². The predicted molar refractivity (Wildman–Crippen MR) is 87.4 cm³/mol. The van der Waals surface area contributed by atoms with Crippen molar-refractivity contribution in [3.8, 4) is 11.1 Å². The lowest BCUT2D eigenvalue weighted by atomic mass is 10.1. The maximum absolute atomic E-state index is 14.5. The molecule has 4 nitrogen and oxygen atoms in total. The lowest BCUT2D eigenvalue weighted by Crippen LogP contribution is -2.00. The molecule has 0 fully saturated rings. The fraction of sp³-hybridized carbons (Fsp3) is 0.111. The average Bonchev–Trinajstić information content (AvgIpc) is 3.16. The highest BCUT2D eigenvalue weighted by atomic mass is 19.1. The highest BCUT2D eigenvalue weighted by Crippen LogP contribution is 2.23. The Bertz CT molecular complexity index is 984. The third-order valence-corrected chi connectivity index (χ3v) is 3.97. The Kier molecular flexibility index (Phi) is 3.19. The highest BCUT2D eigenvalue weighted by Gasteiger charge is 2.09. The van der Waals surface area contributed by atoms with Gasteiger partial charge in [-0.25, -0.2) is 4.39 Å². The quantitative estimate of drug-likeness (QED) is 0.579. The molecule has 0 spiro atoms. The van der Waals surface area contributed by atoms with Crippen LogP contribution in [0.4, 0.5) is 4.39 Å². The van der Waals surface area contributed by atoms with E-state index in [1.807, 2.05) is 54.3 Å². The van der Waals surface area contributed by atoms with Crippen molar-refractivity contribution in [1.29, 1.82) is 0 Å². The van der Waals surface area contributed by atoms with Gasteiger partial charge in [-0.15, -0.1) is 0 Å². The zero-order valence-corrected chi connectivity index (χ0v) is 12.6. The summed E-state index contributed by atoms with van der Waals surface area (Å²) in [6.07, 6.45) is 7.31. The number of halogens is 1. The molecule has 0 amide bonds. The van der Waals surface area contributed by atoms with Crippen LogP contribution in [-0.4, -0.2) is 19.3 Å². The van der Waals surface area contributed by atoms with Crippen molar-refractivity contribution >= 4 is 11.0 Å². The van der Waals surface area contributed by atoms with Crippen LogP contribution in [0.5, 0.6) is 0 Å². The molecule has 4 rings (SSSR count). The van der Waals surface area contributed by atoms with Crippen LogP contribution in [0.25, 0.3) is 22.2 Å². The minimum Gasteiger partial charge on any atom is -0.342 e. The first-order valence-corrected chi connectivity index (χ1v) is 7.38. The number of hydrogen-bond acceptors (Lipinski definition) is 2. The molecule has 0 N–H and O–H groups in total. The summed E-state index contributed by atoms with van der Waals surface area (Å²) in [7, 11) is 1.85. The fourth-order valence-electron chi connectivity index (χ4n) is 2.77. The van der Waals surface area contributed by atoms with Crippen LogP contribution in [-0.2, 0) is 13.6 Å². The van der Waals surface area contributed by atoms with E-state index in [1.165, 1.54) is 0 Å². The van der Waals surface area contributed by atoms with Crippen LogP contribution in [0.3, 0.4) is 0 Å². The minimum atomic E-state index is -0.211. The lowest BCUT2D eigenvalue weighted by molar-refractivity contribution is 0.602. The molecule has 0 aliphatic carbocycles. The molecule has 0 unspecified atom stereocenters. The molecule has 0 aliphatic rings. The molecule has 0 saturated carbocycles. The van der Waals surface area contributed by atoms with Gasteiger partial charge in [-0.1, -0.05) is 12.1 Å². The smallest absolute Gasteiger partial charge is 0.128 e. The van der Waals surface area contributed by atoms with Gasteiger partial charge in [0.15, 0.2) is 0 Å². The predicted octanol–water partition coefficient (Wildman–Crippen LogP) is 3.62. The number of pyridine rings is 1. The number of aryl methyl sites for hydroxylation is 1. The van der Waals surface area contributed by atoms with E-state index in [4.69, 9.17) is 0 Å². The Hall–Kier alpha value is -2.95. The molecule has 3 aromatic heterocycles. The molecule has 0 saturated heterocycles. The SMILES string of the molecule is Cn1cc(-c2ccc(Cn3ccc4ncccc43)c(F)c2)cn1. The first kappa shape index (κ1) is 13.7. The molecule has 5 heteroatoms.